The first-order valence-electron chi connectivity index (χ1n) is 11.3. The number of amides is 1. The van der Waals surface area contributed by atoms with Crippen LogP contribution >= 0.6 is 0 Å². The zero-order chi connectivity index (χ0) is 25.7. The van der Waals surface area contributed by atoms with Gasteiger partial charge in [-0.05, 0) is 49.0 Å². The fourth-order valence-corrected chi connectivity index (χ4v) is 4.13. The smallest absolute Gasteiger partial charge is 0.337 e. The van der Waals surface area contributed by atoms with Crippen molar-refractivity contribution in [1.82, 2.24) is 9.80 Å². The number of benzene rings is 2. The van der Waals surface area contributed by atoms with Gasteiger partial charge in [-0.15, -0.1) is 0 Å². The van der Waals surface area contributed by atoms with Gasteiger partial charge in [0.25, 0.3) is 11.7 Å². The normalized spacial score (nSPS) is 17.2. The first kappa shape index (κ1) is 25.9. The molecule has 2 aromatic carbocycles. The molecule has 0 radical (unpaired) electrons. The van der Waals surface area contributed by atoms with E-state index in [1.807, 2.05) is 13.8 Å². The number of ether oxygens (including phenoxy) is 2. The molecule has 9 heteroatoms. The Labute approximate surface area is 203 Å². The Morgan fingerprint density at radius 1 is 1.06 bits per heavy atom. The van der Waals surface area contributed by atoms with E-state index in [4.69, 9.17) is 9.47 Å². The van der Waals surface area contributed by atoms with Crippen molar-refractivity contribution >= 4 is 23.4 Å². The predicted molar refractivity (Wildman–Crippen MR) is 128 cm³/mol. The van der Waals surface area contributed by atoms with Gasteiger partial charge in [-0.2, -0.15) is 0 Å². The third-order valence-corrected chi connectivity index (χ3v) is 6.16. The second-order valence-electron chi connectivity index (χ2n) is 7.98. The summed E-state index contributed by atoms with van der Waals surface area (Å²) in [4.78, 5) is 41.5. The van der Waals surface area contributed by atoms with E-state index in [1.165, 1.54) is 43.4 Å². The molecule has 0 saturated carbocycles. The number of halogens is 1. The molecule has 1 saturated heterocycles. The number of ketones is 1. The molecule has 0 aromatic heterocycles. The largest absolute Gasteiger partial charge is 0.507 e. The second-order valence-corrected chi connectivity index (χ2v) is 7.98. The van der Waals surface area contributed by atoms with Gasteiger partial charge in [0.1, 0.15) is 5.76 Å². The van der Waals surface area contributed by atoms with Crippen LogP contribution in [0.2, 0.25) is 0 Å². The Morgan fingerprint density at radius 2 is 1.69 bits per heavy atom. The molecule has 1 atom stereocenters. The van der Waals surface area contributed by atoms with E-state index >= 15 is 0 Å². The van der Waals surface area contributed by atoms with Gasteiger partial charge in [-0.3, -0.25) is 9.59 Å². The van der Waals surface area contributed by atoms with E-state index in [0.717, 1.165) is 19.2 Å². The van der Waals surface area contributed by atoms with Crippen molar-refractivity contribution in [1.29, 1.82) is 0 Å². The molecule has 8 nitrogen and oxygen atoms in total. The van der Waals surface area contributed by atoms with Crippen LogP contribution in [0.4, 0.5) is 4.39 Å². The van der Waals surface area contributed by atoms with Gasteiger partial charge in [-0.25, -0.2) is 9.18 Å². The van der Waals surface area contributed by atoms with E-state index in [0.29, 0.717) is 17.7 Å². The summed E-state index contributed by atoms with van der Waals surface area (Å²) in [7, 11) is 2.59. The standard InChI is InChI=1S/C26H29FN2O6/c1-5-28(6-2)13-14-29-22(16-7-9-17(10-8-16)26(33)35-4)21(24(31)25(29)32)23(30)18-11-12-20(34-3)19(27)15-18/h7-12,15,22,30H,5-6,13-14H2,1-4H3/b23-21+. The second kappa shape index (κ2) is 11.1. The molecule has 0 spiro atoms. The fraction of sp³-hybridized carbons (Fsp3) is 0.346. The lowest BCUT2D eigenvalue weighted by atomic mass is 9.94. The molecular weight excluding hydrogens is 455 g/mol. The molecule has 1 amide bonds. The van der Waals surface area contributed by atoms with E-state index < -0.39 is 35.3 Å². The highest BCUT2D eigenvalue weighted by molar-refractivity contribution is 6.46. The molecule has 3 rings (SSSR count). The molecule has 1 aliphatic rings. The number of esters is 1. The van der Waals surface area contributed by atoms with Gasteiger partial charge in [0.2, 0.25) is 0 Å². The number of likely N-dealkylation sites (N-methyl/N-ethyl adjacent to an activating group) is 1. The molecule has 1 unspecified atom stereocenters. The van der Waals surface area contributed by atoms with Crippen LogP contribution in [0, 0.1) is 5.82 Å². The number of carbonyl (C=O) groups is 3. The highest BCUT2D eigenvalue weighted by Gasteiger charge is 2.46. The summed E-state index contributed by atoms with van der Waals surface area (Å²) in [6.45, 7) is 6.29. The van der Waals surface area contributed by atoms with Crippen molar-refractivity contribution in [3.8, 4) is 5.75 Å². The van der Waals surface area contributed by atoms with Gasteiger partial charge in [0.15, 0.2) is 11.6 Å². The summed E-state index contributed by atoms with van der Waals surface area (Å²) in [5.41, 5.74) is 0.714. The number of hydrogen-bond acceptors (Lipinski definition) is 7. The molecule has 2 aromatic rings. The van der Waals surface area contributed by atoms with Crippen molar-refractivity contribution in [2.45, 2.75) is 19.9 Å². The van der Waals surface area contributed by atoms with Crippen molar-refractivity contribution in [2.24, 2.45) is 0 Å². The average Bonchev–Trinajstić information content (AvgIpc) is 3.13. The molecule has 35 heavy (non-hydrogen) atoms. The van der Waals surface area contributed by atoms with E-state index in [-0.39, 0.29) is 23.4 Å². The fourth-order valence-electron chi connectivity index (χ4n) is 4.13. The number of aliphatic hydroxyl groups is 1. The van der Waals surface area contributed by atoms with Crippen molar-refractivity contribution in [2.75, 3.05) is 40.4 Å². The number of hydrogen-bond donors (Lipinski definition) is 1. The minimum atomic E-state index is -0.914. The molecular formula is C26H29FN2O6. The van der Waals surface area contributed by atoms with Crippen LogP contribution in [0.1, 0.15) is 41.4 Å². The number of methoxy groups -OCH3 is 2. The summed E-state index contributed by atoms with van der Waals surface area (Å²) < 4.78 is 24.0. The summed E-state index contributed by atoms with van der Waals surface area (Å²) in [5, 5.41) is 11.1. The van der Waals surface area contributed by atoms with Gasteiger partial charge >= 0.3 is 5.97 Å². The third kappa shape index (κ3) is 5.19. The SMILES string of the molecule is CCN(CC)CCN1C(=O)C(=O)/C(=C(/O)c2ccc(OC)c(F)c2)C1c1ccc(C(=O)OC)cc1. The molecule has 186 valence electrons. The van der Waals surface area contributed by atoms with E-state index in [1.54, 1.807) is 12.1 Å². The highest BCUT2D eigenvalue weighted by Crippen LogP contribution is 2.39. The van der Waals surface area contributed by atoms with Crippen LogP contribution in [0.5, 0.6) is 5.75 Å². The number of likely N-dealkylation sites (tertiary alicyclic amines) is 1. The average molecular weight is 485 g/mol. The maximum Gasteiger partial charge on any atom is 0.337 e. The van der Waals surface area contributed by atoms with Crippen molar-refractivity contribution in [3.05, 3.63) is 70.5 Å². The van der Waals surface area contributed by atoms with Crippen LogP contribution in [-0.2, 0) is 14.3 Å². The van der Waals surface area contributed by atoms with Gasteiger partial charge in [-0.1, -0.05) is 26.0 Å². The molecule has 1 heterocycles. The lowest BCUT2D eigenvalue weighted by Crippen LogP contribution is -2.38. The summed E-state index contributed by atoms with van der Waals surface area (Å²) in [5.74, 6) is -3.37. The van der Waals surface area contributed by atoms with Crippen LogP contribution < -0.4 is 4.74 Å². The highest BCUT2D eigenvalue weighted by atomic mass is 19.1. The first-order valence-corrected chi connectivity index (χ1v) is 11.3. The van der Waals surface area contributed by atoms with Gasteiger partial charge < -0.3 is 24.4 Å². The number of nitrogens with zero attached hydrogens (tertiary/aromatic N) is 2. The van der Waals surface area contributed by atoms with E-state index in [9.17, 15) is 23.9 Å². The Balaban J connectivity index is 2.12. The van der Waals surface area contributed by atoms with Crippen molar-refractivity contribution in [3.63, 3.8) is 0 Å². The third-order valence-electron chi connectivity index (χ3n) is 6.16. The zero-order valence-corrected chi connectivity index (χ0v) is 20.2. The molecule has 0 bridgehead atoms. The number of carbonyl (C=O) groups excluding carboxylic acids is 3. The molecule has 1 N–H and O–H groups in total. The van der Waals surface area contributed by atoms with Crippen LogP contribution in [-0.4, -0.2) is 73.0 Å². The number of Topliss-reactive ketones (excluding diaryl/α,β-unsaturated/α-hetero) is 1. The Kier molecular flexibility index (Phi) is 8.24. The Bertz CT molecular complexity index is 1140. The summed E-state index contributed by atoms with van der Waals surface area (Å²) in [6, 6.07) is 9.15. The summed E-state index contributed by atoms with van der Waals surface area (Å²) in [6.07, 6.45) is 0. The topological polar surface area (TPSA) is 96.4 Å². The molecule has 1 aliphatic heterocycles. The van der Waals surface area contributed by atoms with Crippen LogP contribution in [0.15, 0.2) is 48.0 Å². The Hall–Kier alpha value is -3.72. The zero-order valence-electron chi connectivity index (χ0n) is 20.2. The number of rotatable bonds is 9. The van der Waals surface area contributed by atoms with Gasteiger partial charge in [0.05, 0.1) is 31.4 Å². The van der Waals surface area contributed by atoms with Crippen molar-refractivity contribution < 1.29 is 33.4 Å². The molecule has 0 aliphatic carbocycles. The van der Waals surface area contributed by atoms with Crippen LogP contribution in [0.25, 0.3) is 5.76 Å². The monoisotopic (exact) mass is 484 g/mol. The number of aliphatic hydroxyl groups excluding tert-OH is 1. The van der Waals surface area contributed by atoms with Gasteiger partial charge in [0, 0.05) is 18.7 Å². The quantitative estimate of drug-likeness (QED) is 0.252. The maximum absolute atomic E-state index is 14.3. The maximum atomic E-state index is 14.3. The van der Waals surface area contributed by atoms with Crippen LogP contribution in [0.3, 0.4) is 0 Å². The minimum absolute atomic E-state index is 0.0174. The lowest BCUT2D eigenvalue weighted by Gasteiger charge is -2.28. The lowest BCUT2D eigenvalue weighted by molar-refractivity contribution is -0.140. The predicted octanol–water partition coefficient (Wildman–Crippen LogP) is 3.38. The minimum Gasteiger partial charge on any atom is -0.507 e. The Morgan fingerprint density at radius 3 is 2.23 bits per heavy atom. The summed E-state index contributed by atoms with van der Waals surface area (Å²) >= 11 is 0. The first-order chi connectivity index (χ1) is 16.8. The van der Waals surface area contributed by atoms with E-state index in [2.05, 4.69) is 4.90 Å². The molecule has 1 fully saturated rings.